The summed E-state index contributed by atoms with van der Waals surface area (Å²) in [5.74, 6) is -4.41. The molecular weight excluding hydrogens is 316 g/mol. The SMILES string of the molecule is CC(=O)C[C@]1(O)C(=O)c2c(O)cc(C)c3c(O)cc(O)c(c23)C1=O. The van der Waals surface area contributed by atoms with Gasteiger partial charge in [-0.05, 0) is 25.5 Å². The highest BCUT2D eigenvalue weighted by Gasteiger charge is 2.52. The van der Waals surface area contributed by atoms with E-state index in [1.807, 2.05) is 0 Å². The maximum Gasteiger partial charge on any atom is 0.207 e. The minimum Gasteiger partial charge on any atom is -0.507 e. The van der Waals surface area contributed by atoms with Gasteiger partial charge < -0.3 is 20.4 Å². The molecule has 0 radical (unpaired) electrons. The number of hydrogen-bond acceptors (Lipinski definition) is 7. The third-order valence-corrected chi connectivity index (χ3v) is 4.25. The fourth-order valence-electron chi connectivity index (χ4n) is 3.28. The van der Waals surface area contributed by atoms with Crippen molar-refractivity contribution in [2.75, 3.05) is 0 Å². The summed E-state index contributed by atoms with van der Waals surface area (Å²) < 4.78 is 0. The van der Waals surface area contributed by atoms with Gasteiger partial charge in [0.2, 0.25) is 11.6 Å². The molecule has 124 valence electrons. The van der Waals surface area contributed by atoms with E-state index in [1.165, 1.54) is 6.07 Å². The van der Waals surface area contributed by atoms with Crippen LogP contribution in [0.25, 0.3) is 10.8 Å². The Morgan fingerprint density at radius 2 is 1.46 bits per heavy atom. The van der Waals surface area contributed by atoms with Crippen molar-refractivity contribution in [3.8, 4) is 17.2 Å². The molecule has 0 saturated carbocycles. The number of rotatable bonds is 2. The Bertz CT molecular complexity index is 893. The van der Waals surface area contributed by atoms with Crippen molar-refractivity contribution in [2.24, 2.45) is 0 Å². The summed E-state index contributed by atoms with van der Waals surface area (Å²) in [6.45, 7) is 2.65. The molecule has 1 atom stereocenters. The molecule has 0 aliphatic heterocycles. The van der Waals surface area contributed by atoms with Gasteiger partial charge in [0.25, 0.3) is 0 Å². The number of carbonyl (C=O) groups is 3. The number of phenols is 3. The maximum atomic E-state index is 12.7. The van der Waals surface area contributed by atoms with E-state index < -0.39 is 52.0 Å². The summed E-state index contributed by atoms with van der Waals surface area (Å²) in [5.41, 5.74) is -3.13. The van der Waals surface area contributed by atoms with E-state index >= 15 is 0 Å². The predicted octanol–water partition coefficient (Wildman–Crippen LogP) is 1.35. The van der Waals surface area contributed by atoms with Gasteiger partial charge in [0.15, 0.2) is 5.60 Å². The van der Waals surface area contributed by atoms with Crippen molar-refractivity contribution in [3.05, 3.63) is 28.8 Å². The van der Waals surface area contributed by atoms with Crippen LogP contribution in [0.3, 0.4) is 0 Å². The average Bonchev–Trinajstić information content (AvgIpc) is 2.43. The lowest BCUT2D eigenvalue weighted by atomic mass is 9.73. The second-order valence-electron chi connectivity index (χ2n) is 6.02. The van der Waals surface area contributed by atoms with Gasteiger partial charge >= 0.3 is 0 Å². The largest absolute Gasteiger partial charge is 0.507 e. The van der Waals surface area contributed by atoms with E-state index in [4.69, 9.17) is 0 Å². The van der Waals surface area contributed by atoms with E-state index in [0.29, 0.717) is 5.56 Å². The van der Waals surface area contributed by atoms with Crippen LogP contribution in [-0.4, -0.2) is 43.4 Å². The lowest BCUT2D eigenvalue weighted by Gasteiger charge is -2.31. The highest BCUT2D eigenvalue weighted by molar-refractivity contribution is 6.36. The van der Waals surface area contributed by atoms with E-state index in [-0.39, 0.29) is 16.5 Å². The van der Waals surface area contributed by atoms with E-state index in [0.717, 1.165) is 13.0 Å². The number of carbonyl (C=O) groups excluding carboxylic acids is 3. The number of aliphatic hydroxyl groups is 1. The van der Waals surface area contributed by atoms with Gasteiger partial charge in [-0.25, -0.2) is 0 Å². The number of aryl methyl sites for hydroxylation is 1. The summed E-state index contributed by atoms with van der Waals surface area (Å²) in [7, 11) is 0. The first kappa shape index (κ1) is 15.9. The lowest BCUT2D eigenvalue weighted by Crippen LogP contribution is -2.50. The van der Waals surface area contributed by atoms with Crippen molar-refractivity contribution in [3.63, 3.8) is 0 Å². The Morgan fingerprint density at radius 3 is 1.96 bits per heavy atom. The number of benzene rings is 2. The monoisotopic (exact) mass is 330 g/mol. The molecule has 0 aromatic heterocycles. The molecule has 0 bridgehead atoms. The zero-order valence-corrected chi connectivity index (χ0v) is 12.9. The lowest BCUT2D eigenvalue weighted by molar-refractivity contribution is -0.119. The number of phenolic OH excluding ortho intramolecular Hbond substituents is 3. The van der Waals surface area contributed by atoms with Gasteiger partial charge in [0, 0.05) is 23.3 Å². The molecule has 7 heteroatoms. The van der Waals surface area contributed by atoms with Crippen LogP contribution in [0.5, 0.6) is 17.2 Å². The highest BCUT2D eigenvalue weighted by Crippen LogP contribution is 2.47. The van der Waals surface area contributed by atoms with Gasteiger partial charge in [-0.3, -0.25) is 14.4 Å². The molecule has 2 aromatic carbocycles. The zero-order chi connectivity index (χ0) is 18.0. The average molecular weight is 330 g/mol. The minimum atomic E-state index is -2.70. The van der Waals surface area contributed by atoms with Crippen molar-refractivity contribution in [1.82, 2.24) is 0 Å². The summed E-state index contributed by atoms with van der Waals surface area (Å²) in [5, 5.41) is 40.8. The molecule has 24 heavy (non-hydrogen) atoms. The van der Waals surface area contributed by atoms with E-state index in [2.05, 4.69) is 0 Å². The number of ketones is 3. The quantitative estimate of drug-likeness (QED) is 0.611. The Kier molecular flexibility index (Phi) is 3.18. The molecule has 1 aliphatic rings. The van der Waals surface area contributed by atoms with Crippen molar-refractivity contribution < 1.29 is 34.8 Å². The van der Waals surface area contributed by atoms with Crippen LogP contribution in [0.15, 0.2) is 12.1 Å². The highest BCUT2D eigenvalue weighted by atomic mass is 16.3. The molecule has 4 N–H and O–H groups in total. The first-order valence-corrected chi connectivity index (χ1v) is 7.12. The van der Waals surface area contributed by atoms with Gasteiger partial charge in [0.1, 0.15) is 23.0 Å². The van der Waals surface area contributed by atoms with Crippen LogP contribution in [-0.2, 0) is 4.79 Å². The van der Waals surface area contributed by atoms with Gasteiger partial charge in [-0.2, -0.15) is 0 Å². The number of aromatic hydroxyl groups is 3. The smallest absolute Gasteiger partial charge is 0.207 e. The first-order chi connectivity index (χ1) is 11.1. The van der Waals surface area contributed by atoms with E-state index in [1.54, 1.807) is 6.92 Å². The van der Waals surface area contributed by atoms with Crippen LogP contribution >= 0.6 is 0 Å². The second kappa shape index (κ2) is 4.78. The van der Waals surface area contributed by atoms with Crippen LogP contribution < -0.4 is 0 Å². The zero-order valence-electron chi connectivity index (χ0n) is 12.9. The normalized spacial score (nSPS) is 19.8. The third-order valence-electron chi connectivity index (χ3n) is 4.25. The van der Waals surface area contributed by atoms with E-state index in [9.17, 15) is 34.8 Å². The topological polar surface area (TPSA) is 132 Å². The van der Waals surface area contributed by atoms with Crippen LogP contribution in [0.2, 0.25) is 0 Å². The summed E-state index contributed by atoms with van der Waals surface area (Å²) in [4.78, 5) is 36.8. The molecule has 2 aromatic rings. The minimum absolute atomic E-state index is 0.113. The Labute approximate surface area is 135 Å². The summed E-state index contributed by atoms with van der Waals surface area (Å²) in [6.07, 6.45) is -0.779. The molecule has 0 heterocycles. The van der Waals surface area contributed by atoms with Crippen molar-refractivity contribution in [2.45, 2.75) is 25.9 Å². The predicted molar refractivity (Wildman–Crippen MR) is 82.6 cm³/mol. The maximum absolute atomic E-state index is 12.7. The molecular formula is C17H14O7. The third kappa shape index (κ3) is 1.85. The first-order valence-electron chi connectivity index (χ1n) is 7.12. The summed E-state index contributed by atoms with van der Waals surface area (Å²) >= 11 is 0. The van der Waals surface area contributed by atoms with Crippen molar-refractivity contribution >= 4 is 28.1 Å². The number of Topliss-reactive ketones (excluding diaryl/α,β-unsaturated/α-hetero) is 3. The van der Waals surface area contributed by atoms with Gasteiger partial charge in [0.05, 0.1) is 11.1 Å². The molecule has 0 spiro atoms. The molecule has 0 unspecified atom stereocenters. The Hall–Kier alpha value is -2.93. The molecule has 3 rings (SSSR count). The van der Waals surface area contributed by atoms with Crippen LogP contribution in [0.4, 0.5) is 0 Å². The van der Waals surface area contributed by atoms with Crippen LogP contribution in [0.1, 0.15) is 39.6 Å². The van der Waals surface area contributed by atoms with Crippen molar-refractivity contribution in [1.29, 1.82) is 0 Å². The molecule has 1 aliphatic carbocycles. The Balaban J connectivity index is 2.53. The summed E-state index contributed by atoms with van der Waals surface area (Å²) in [6, 6.07) is 2.13. The fourth-order valence-corrected chi connectivity index (χ4v) is 3.28. The second-order valence-corrected chi connectivity index (χ2v) is 6.02. The van der Waals surface area contributed by atoms with Crippen LogP contribution in [0, 0.1) is 6.92 Å². The molecule has 0 amide bonds. The molecule has 7 nitrogen and oxygen atoms in total. The van der Waals surface area contributed by atoms with Gasteiger partial charge in [-0.15, -0.1) is 0 Å². The standard InChI is InChI=1S/C17H14O7/c1-6-3-8(19)12-14-11(6)9(20)4-10(21)13(14)16(23)17(24,15(12)22)5-7(2)18/h3-4,19-21,24H,5H2,1-2H3/t17-/m0/s1. The number of hydrogen-bond donors (Lipinski definition) is 4. The Morgan fingerprint density at radius 1 is 0.958 bits per heavy atom. The fraction of sp³-hybridized carbons (Fsp3) is 0.235. The molecule has 0 saturated heterocycles. The molecule has 0 fully saturated rings. The van der Waals surface area contributed by atoms with Gasteiger partial charge in [-0.1, -0.05) is 0 Å².